The predicted octanol–water partition coefficient (Wildman–Crippen LogP) is 4.04. The van der Waals surface area contributed by atoms with Crippen molar-refractivity contribution in [3.8, 4) is 5.75 Å². The summed E-state index contributed by atoms with van der Waals surface area (Å²) in [4.78, 5) is 0. The monoisotopic (exact) mass is 280 g/mol. The number of rotatable bonds is 5. The minimum Gasteiger partial charge on any atom is -0.491 e. The normalized spacial score (nSPS) is 18.5. The maximum atomic E-state index is 10.5. The first-order chi connectivity index (χ1) is 9.16. The second-order valence-corrected chi connectivity index (χ2v) is 6.74. The Morgan fingerprint density at radius 2 is 1.95 bits per heavy atom. The minimum atomic E-state index is -0.400. The largest absolute Gasteiger partial charge is 0.491 e. The van der Waals surface area contributed by atoms with Crippen molar-refractivity contribution in [2.75, 3.05) is 11.5 Å². The molecule has 1 atom stereocenters. The zero-order chi connectivity index (χ0) is 13.7. The molecule has 19 heavy (non-hydrogen) atoms. The van der Waals surface area contributed by atoms with Crippen LogP contribution in [0, 0.1) is 5.92 Å². The van der Waals surface area contributed by atoms with Gasteiger partial charge >= 0.3 is 0 Å². The fraction of sp³-hybridized carbons (Fsp3) is 0.625. The molecular weight excluding hydrogens is 256 g/mol. The van der Waals surface area contributed by atoms with E-state index < -0.39 is 6.10 Å². The summed E-state index contributed by atoms with van der Waals surface area (Å²) >= 11 is 2.03. The second-order valence-electron chi connectivity index (χ2n) is 5.51. The molecule has 0 saturated carbocycles. The highest BCUT2D eigenvalue weighted by molar-refractivity contribution is 7.99. The molecule has 1 N–H and O–H groups in total. The average Bonchev–Trinajstić information content (AvgIpc) is 2.39. The molecule has 1 aliphatic rings. The van der Waals surface area contributed by atoms with E-state index in [1.165, 1.54) is 24.3 Å². The van der Waals surface area contributed by atoms with Gasteiger partial charge in [0.1, 0.15) is 5.75 Å². The number of benzene rings is 1. The van der Waals surface area contributed by atoms with Crippen LogP contribution in [0.25, 0.3) is 0 Å². The van der Waals surface area contributed by atoms with Gasteiger partial charge in [-0.25, -0.2) is 0 Å². The molecule has 1 heterocycles. The number of para-hydroxylation sites is 1. The zero-order valence-corrected chi connectivity index (χ0v) is 12.7. The van der Waals surface area contributed by atoms with Crippen molar-refractivity contribution < 1.29 is 9.84 Å². The maximum Gasteiger partial charge on any atom is 0.125 e. The predicted molar refractivity (Wildman–Crippen MR) is 81.8 cm³/mol. The fourth-order valence-corrected chi connectivity index (χ4v) is 3.75. The molecule has 1 saturated heterocycles. The molecule has 0 spiro atoms. The summed E-state index contributed by atoms with van der Waals surface area (Å²) in [6.45, 7) is 4.03. The van der Waals surface area contributed by atoms with Crippen LogP contribution in [0.4, 0.5) is 0 Å². The Balaban J connectivity index is 2.02. The van der Waals surface area contributed by atoms with Crippen LogP contribution in [0.15, 0.2) is 24.3 Å². The molecule has 3 heteroatoms. The van der Waals surface area contributed by atoms with Crippen LogP contribution in [0.3, 0.4) is 0 Å². The lowest BCUT2D eigenvalue weighted by Gasteiger charge is -2.25. The molecule has 1 aromatic rings. The fourth-order valence-electron chi connectivity index (χ4n) is 2.54. The molecule has 2 rings (SSSR count). The Hall–Kier alpha value is -0.670. The van der Waals surface area contributed by atoms with Crippen molar-refractivity contribution in [3.05, 3.63) is 29.8 Å². The van der Waals surface area contributed by atoms with E-state index in [9.17, 15) is 5.11 Å². The van der Waals surface area contributed by atoms with Gasteiger partial charge in [0.2, 0.25) is 0 Å². The van der Waals surface area contributed by atoms with E-state index in [4.69, 9.17) is 4.74 Å². The van der Waals surface area contributed by atoms with Gasteiger partial charge in [-0.1, -0.05) is 18.2 Å². The lowest BCUT2D eigenvalue weighted by Crippen LogP contribution is -2.15. The lowest BCUT2D eigenvalue weighted by molar-refractivity contribution is 0.133. The number of thioether (sulfide) groups is 1. The Labute approximate surface area is 120 Å². The number of aliphatic hydroxyl groups excluding tert-OH is 1. The standard InChI is InChI=1S/C16H24O2S/c1-12(2)18-16-6-4-3-5-14(16)15(17)11-13-7-9-19-10-8-13/h3-6,12-13,15,17H,7-11H2,1-2H3. The van der Waals surface area contributed by atoms with Crippen LogP contribution in [-0.4, -0.2) is 22.7 Å². The Morgan fingerprint density at radius 3 is 2.63 bits per heavy atom. The number of hydrogen-bond acceptors (Lipinski definition) is 3. The Morgan fingerprint density at radius 1 is 1.26 bits per heavy atom. The molecule has 0 amide bonds. The third kappa shape index (κ3) is 4.43. The van der Waals surface area contributed by atoms with Gasteiger partial charge in [0.05, 0.1) is 12.2 Å². The summed E-state index contributed by atoms with van der Waals surface area (Å²) in [5.41, 5.74) is 0.939. The summed E-state index contributed by atoms with van der Waals surface area (Å²) in [5.74, 6) is 3.96. The molecule has 106 valence electrons. The van der Waals surface area contributed by atoms with Gasteiger partial charge in [-0.2, -0.15) is 11.8 Å². The molecule has 0 aromatic heterocycles. The number of ether oxygens (including phenoxy) is 1. The quantitative estimate of drug-likeness (QED) is 0.882. The molecule has 0 aliphatic carbocycles. The molecule has 1 unspecified atom stereocenters. The van der Waals surface area contributed by atoms with Crippen LogP contribution in [0.5, 0.6) is 5.75 Å². The first kappa shape index (κ1) is 14.7. The molecule has 1 aromatic carbocycles. The van der Waals surface area contributed by atoms with Crippen LogP contribution in [0.2, 0.25) is 0 Å². The van der Waals surface area contributed by atoms with Gasteiger partial charge in [0.25, 0.3) is 0 Å². The van der Waals surface area contributed by atoms with Crippen molar-refractivity contribution >= 4 is 11.8 Å². The van der Waals surface area contributed by atoms with Gasteiger partial charge in [0, 0.05) is 5.56 Å². The van der Waals surface area contributed by atoms with Gasteiger partial charge in [0.15, 0.2) is 0 Å². The van der Waals surface area contributed by atoms with Crippen molar-refractivity contribution in [2.45, 2.75) is 45.3 Å². The zero-order valence-electron chi connectivity index (χ0n) is 11.8. The van der Waals surface area contributed by atoms with Crippen LogP contribution >= 0.6 is 11.8 Å². The van der Waals surface area contributed by atoms with E-state index in [0.29, 0.717) is 5.92 Å². The highest BCUT2D eigenvalue weighted by Gasteiger charge is 2.21. The minimum absolute atomic E-state index is 0.138. The first-order valence-corrected chi connectivity index (χ1v) is 8.33. The molecule has 1 fully saturated rings. The first-order valence-electron chi connectivity index (χ1n) is 7.18. The van der Waals surface area contributed by atoms with Gasteiger partial charge in [-0.3, -0.25) is 0 Å². The van der Waals surface area contributed by atoms with E-state index in [1.54, 1.807) is 0 Å². The van der Waals surface area contributed by atoms with Crippen molar-refractivity contribution in [1.29, 1.82) is 0 Å². The Bertz CT molecular complexity index is 386. The SMILES string of the molecule is CC(C)Oc1ccccc1C(O)CC1CCSCC1. The average molecular weight is 280 g/mol. The van der Waals surface area contributed by atoms with E-state index in [-0.39, 0.29) is 6.10 Å². The summed E-state index contributed by atoms with van der Waals surface area (Å²) < 4.78 is 5.79. The third-order valence-electron chi connectivity index (χ3n) is 3.54. The van der Waals surface area contributed by atoms with E-state index in [2.05, 4.69) is 0 Å². The van der Waals surface area contributed by atoms with E-state index in [0.717, 1.165) is 17.7 Å². The third-order valence-corrected chi connectivity index (χ3v) is 4.59. The number of hydrogen-bond donors (Lipinski definition) is 1. The van der Waals surface area contributed by atoms with Gasteiger partial charge < -0.3 is 9.84 Å². The van der Waals surface area contributed by atoms with E-state index >= 15 is 0 Å². The topological polar surface area (TPSA) is 29.5 Å². The summed E-state index contributed by atoms with van der Waals surface area (Å²) in [6, 6.07) is 7.88. The molecule has 0 bridgehead atoms. The molecular formula is C16H24O2S. The highest BCUT2D eigenvalue weighted by Crippen LogP contribution is 2.34. The van der Waals surface area contributed by atoms with Crippen LogP contribution < -0.4 is 4.74 Å². The summed E-state index contributed by atoms with van der Waals surface area (Å²) in [5, 5.41) is 10.5. The van der Waals surface area contributed by atoms with E-state index in [1.807, 2.05) is 49.9 Å². The van der Waals surface area contributed by atoms with Crippen molar-refractivity contribution in [1.82, 2.24) is 0 Å². The number of aliphatic hydroxyl groups is 1. The molecule has 0 radical (unpaired) electrons. The van der Waals surface area contributed by atoms with Gasteiger partial charge in [-0.05, 0) is 56.6 Å². The molecule has 1 aliphatic heterocycles. The Kier molecular flexibility index (Phi) is 5.59. The highest BCUT2D eigenvalue weighted by atomic mass is 32.2. The van der Waals surface area contributed by atoms with Crippen molar-refractivity contribution in [2.24, 2.45) is 5.92 Å². The summed E-state index contributed by atoms with van der Waals surface area (Å²) in [6.07, 6.45) is 3.06. The van der Waals surface area contributed by atoms with Crippen molar-refractivity contribution in [3.63, 3.8) is 0 Å². The van der Waals surface area contributed by atoms with Crippen LogP contribution in [0.1, 0.15) is 44.8 Å². The van der Waals surface area contributed by atoms with Gasteiger partial charge in [-0.15, -0.1) is 0 Å². The lowest BCUT2D eigenvalue weighted by atomic mass is 9.92. The smallest absolute Gasteiger partial charge is 0.125 e. The van der Waals surface area contributed by atoms with Crippen LogP contribution in [-0.2, 0) is 0 Å². The second kappa shape index (κ2) is 7.20. The maximum absolute atomic E-state index is 10.5. The summed E-state index contributed by atoms with van der Waals surface area (Å²) in [7, 11) is 0. The molecule has 2 nitrogen and oxygen atoms in total.